The van der Waals surface area contributed by atoms with Crippen molar-refractivity contribution < 1.29 is 4.79 Å². The SMILES string of the molecule is CCCCNC(=O)CC(c1ccc(Cl)c(Cl)c1)c1c[nH]c2ccccc12. The van der Waals surface area contributed by atoms with E-state index in [0.717, 1.165) is 34.9 Å². The van der Waals surface area contributed by atoms with Gasteiger partial charge in [-0.25, -0.2) is 0 Å². The van der Waals surface area contributed by atoms with Gasteiger partial charge in [-0.15, -0.1) is 0 Å². The minimum absolute atomic E-state index is 0.0415. The highest BCUT2D eigenvalue weighted by atomic mass is 35.5. The summed E-state index contributed by atoms with van der Waals surface area (Å²) in [5.74, 6) is -0.0534. The summed E-state index contributed by atoms with van der Waals surface area (Å²) >= 11 is 12.3. The Morgan fingerprint density at radius 3 is 2.73 bits per heavy atom. The molecule has 1 atom stereocenters. The topological polar surface area (TPSA) is 44.9 Å². The minimum atomic E-state index is -0.0949. The molecule has 0 radical (unpaired) electrons. The zero-order valence-electron chi connectivity index (χ0n) is 14.7. The maximum Gasteiger partial charge on any atom is 0.220 e. The van der Waals surface area contributed by atoms with Gasteiger partial charge in [-0.05, 0) is 35.7 Å². The van der Waals surface area contributed by atoms with Crippen LogP contribution >= 0.6 is 23.2 Å². The van der Waals surface area contributed by atoms with Gasteiger partial charge in [0.05, 0.1) is 10.0 Å². The zero-order valence-corrected chi connectivity index (χ0v) is 16.2. The van der Waals surface area contributed by atoms with Crippen LogP contribution in [0.25, 0.3) is 10.9 Å². The first-order chi connectivity index (χ1) is 12.6. The second-order valence-electron chi connectivity index (χ2n) is 6.42. The van der Waals surface area contributed by atoms with Crippen LogP contribution in [-0.2, 0) is 4.79 Å². The van der Waals surface area contributed by atoms with Crippen molar-refractivity contribution in [1.82, 2.24) is 10.3 Å². The standard InChI is InChI=1S/C21H22Cl2N2O/c1-2-3-10-24-21(26)12-16(14-8-9-18(22)19(23)11-14)17-13-25-20-7-5-4-6-15(17)20/h4-9,11,13,16,25H,2-3,10,12H2,1H3,(H,24,26). The van der Waals surface area contributed by atoms with Crippen molar-refractivity contribution in [3.8, 4) is 0 Å². The van der Waals surface area contributed by atoms with E-state index >= 15 is 0 Å². The number of amides is 1. The Bertz CT molecular complexity index is 904. The van der Waals surface area contributed by atoms with Gasteiger partial charge in [0.2, 0.25) is 5.91 Å². The molecule has 26 heavy (non-hydrogen) atoms. The molecular formula is C21H22Cl2N2O. The lowest BCUT2D eigenvalue weighted by Gasteiger charge is -2.18. The predicted molar refractivity (Wildman–Crippen MR) is 109 cm³/mol. The number of halogens is 2. The maximum atomic E-state index is 12.5. The largest absolute Gasteiger partial charge is 0.361 e. The Morgan fingerprint density at radius 1 is 1.15 bits per heavy atom. The molecule has 5 heteroatoms. The lowest BCUT2D eigenvalue weighted by Crippen LogP contribution is -2.26. The summed E-state index contributed by atoms with van der Waals surface area (Å²) in [6.07, 6.45) is 4.38. The summed E-state index contributed by atoms with van der Waals surface area (Å²) in [4.78, 5) is 15.8. The normalized spacial score (nSPS) is 12.3. The van der Waals surface area contributed by atoms with E-state index in [-0.39, 0.29) is 11.8 Å². The van der Waals surface area contributed by atoms with Crippen LogP contribution in [0.15, 0.2) is 48.7 Å². The van der Waals surface area contributed by atoms with E-state index < -0.39 is 0 Å². The lowest BCUT2D eigenvalue weighted by atomic mass is 9.88. The van der Waals surface area contributed by atoms with Gasteiger partial charge in [-0.2, -0.15) is 0 Å². The average molecular weight is 389 g/mol. The molecule has 1 aromatic heterocycles. The molecule has 0 aliphatic heterocycles. The fourth-order valence-electron chi connectivity index (χ4n) is 3.18. The minimum Gasteiger partial charge on any atom is -0.361 e. The summed E-state index contributed by atoms with van der Waals surface area (Å²) in [6.45, 7) is 2.81. The first-order valence-corrected chi connectivity index (χ1v) is 9.63. The molecule has 1 unspecified atom stereocenters. The van der Waals surface area contributed by atoms with Crippen molar-refractivity contribution in [1.29, 1.82) is 0 Å². The number of aromatic amines is 1. The molecule has 1 amide bonds. The van der Waals surface area contributed by atoms with Crippen LogP contribution in [0.1, 0.15) is 43.2 Å². The monoisotopic (exact) mass is 388 g/mol. The molecule has 0 spiro atoms. The van der Waals surface area contributed by atoms with Gasteiger partial charge < -0.3 is 10.3 Å². The van der Waals surface area contributed by atoms with Crippen LogP contribution in [0.2, 0.25) is 10.0 Å². The third-order valence-electron chi connectivity index (χ3n) is 4.58. The average Bonchev–Trinajstić information content (AvgIpc) is 3.06. The van der Waals surface area contributed by atoms with Gasteiger partial charge in [0, 0.05) is 36.0 Å². The fraction of sp³-hybridized carbons (Fsp3) is 0.286. The summed E-state index contributed by atoms with van der Waals surface area (Å²) < 4.78 is 0. The first-order valence-electron chi connectivity index (χ1n) is 8.87. The van der Waals surface area contributed by atoms with E-state index in [4.69, 9.17) is 23.2 Å². The number of rotatable bonds is 7. The Balaban J connectivity index is 1.96. The van der Waals surface area contributed by atoms with Gasteiger partial charge in [-0.1, -0.05) is 60.8 Å². The van der Waals surface area contributed by atoms with E-state index in [9.17, 15) is 4.79 Å². The summed E-state index contributed by atoms with van der Waals surface area (Å²) in [7, 11) is 0. The summed E-state index contributed by atoms with van der Waals surface area (Å²) in [6, 6.07) is 13.7. The van der Waals surface area contributed by atoms with Gasteiger partial charge in [0.15, 0.2) is 0 Å². The molecule has 0 aliphatic rings. The van der Waals surface area contributed by atoms with Crippen LogP contribution in [0.4, 0.5) is 0 Å². The number of fused-ring (bicyclic) bond motifs is 1. The molecule has 0 saturated carbocycles. The number of benzene rings is 2. The Labute approximate surface area is 163 Å². The number of H-pyrrole nitrogens is 1. The fourth-order valence-corrected chi connectivity index (χ4v) is 3.49. The van der Waals surface area contributed by atoms with Gasteiger partial charge in [-0.3, -0.25) is 4.79 Å². The Morgan fingerprint density at radius 2 is 1.96 bits per heavy atom. The molecule has 2 N–H and O–H groups in total. The van der Waals surface area contributed by atoms with E-state index in [1.165, 1.54) is 0 Å². The molecule has 0 aliphatic carbocycles. The van der Waals surface area contributed by atoms with Crippen molar-refractivity contribution in [3.63, 3.8) is 0 Å². The van der Waals surface area contributed by atoms with Crippen LogP contribution in [0.3, 0.4) is 0 Å². The number of carbonyl (C=O) groups excluding carboxylic acids is 1. The number of hydrogen-bond acceptors (Lipinski definition) is 1. The molecule has 0 saturated heterocycles. The molecule has 3 aromatic rings. The molecule has 0 bridgehead atoms. The quantitative estimate of drug-likeness (QED) is 0.485. The number of carbonyl (C=O) groups is 1. The van der Waals surface area contributed by atoms with Gasteiger partial charge in [0.1, 0.15) is 0 Å². The van der Waals surface area contributed by atoms with E-state index in [0.29, 0.717) is 23.0 Å². The molecular weight excluding hydrogens is 367 g/mol. The highest BCUT2D eigenvalue weighted by Crippen LogP contribution is 2.35. The number of aromatic nitrogens is 1. The third-order valence-corrected chi connectivity index (χ3v) is 5.32. The lowest BCUT2D eigenvalue weighted by molar-refractivity contribution is -0.121. The van der Waals surface area contributed by atoms with E-state index in [1.807, 2.05) is 36.5 Å². The highest BCUT2D eigenvalue weighted by Gasteiger charge is 2.22. The number of nitrogens with one attached hydrogen (secondary N) is 2. The first kappa shape index (κ1) is 18.8. The van der Waals surface area contributed by atoms with E-state index in [2.05, 4.69) is 23.3 Å². The van der Waals surface area contributed by atoms with Gasteiger partial charge in [0.25, 0.3) is 0 Å². The molecule has 0 fully saturated rings. The second kappa shape index (κ2) is 8.61. The number of para-hydroxylation sites is 1. The molecule has 136 valence electrons. The van der Waals surface area contributed by atoms with Crippen LogP contribution in [-0.4, -0.2) is 17.4 Å². The van der Waals surface area contributed by atoms with Crippen LogP contribution < -0.4 is 5.32 Å². The maximum absolute atomic E-state index is 12.5. The molecule has 3 nitrogen and oxygen atoms in total. The third kappa shape index (κ3) is 4.22. The predicted octanol–water partition coefficient (Wildman–Crippen LogP) is 5.91. The Hall–Kier alpha value is -1.97. The van der Waals surface area contributed by atoms with Gasteiger partial charge >= 0.3 is 0 Å². The van der Waals surface area contributed by atoms with Crippen molar-refractivity contribution in [2.45, 2.75) is 32.1 Å². The van der Waals surface area contributed by atoms with Crippen LogP contribution in [0.5, 0.6) is 0 Å². The van der Waals surface area contributed by atoms with Crippen molar-refractivity contribution in [2.75, 3.05) is 6.54 Å². The molecule has 1 heterocycles. The second-order valence-corrected chi connectivity index (χ2v) is 7.24. The van der Waals surface area contributed by atoms with Crippen molar-refractivity contribution >= 4 is 40.0 Å². The highest BCUT2D eigenvalue weighted by molar-refractivity contribution is 6.42. The molecule has 3 rings (SSSR count). The van der Waals surface area contributed by atoms with Crippen molar-refractivity contribution in [3.05, 3.63) is 69.8 Å². The van der Waals surface area contributed by atoms with Crippen molar-refractivity contribution in [2.24, 2.45) is 0 Å². The zero-order chi connectivity index (χ0) is 18.5. The van der Waals surface area contributed by atoms with E-state index in [1.54, 1.807) is 6.07 Å². The Kier molecular flexibility index (Phi) is 6.23. The number of hydrogen-bond donors (Lipinski definition) is 2. The smallest absolute Gasteiger partial charge is 0.220 e. The van der Waals surface area contributed by atoms with Crippen LogP contribution in [0, 0.1) is 0 Å². The summed E-state index contributed by atoms with van der Waals surface area (Å²) in [5, 5.41) is 5.14. The summed E-state index contributed by atoms with van der Waals surface area (Å²) in [5.41, 5.74) is 3.12. The molecule has 2 aromatic carbocycles. The number of unbranched alkanes of at least 4 members (excludes halogenated alkanes) is 1.